The molecular weight excluding hydrogens is 124 g/mol. The van der Waals surface area contributed by atoms with E-state index in [0.717, 1.165) is 17.0 Å². The normalized spacial score (nSPS) is 14.5. The van der Waals surface area contributed by atoms with Gasteiger partial charge in [-0.2, -0.15) is 0 Å². The standard InChI is InChI=1S/C8H14N2/c1-5-10-8(4)6(2)7(3)9/h5H,1,9H2,2-4H3/b7-6+,10-8-. The van der Waals surface area contributed by atoms with E-state index in [9.17, 15) is 0 Å². The fourth-order valence-electron chi connectivity index (χ4n) is 0.519. The maximum Gasteiger partial charge on any atom is 0.0418 e. The van der Waals surface area contributed by atoms with Crippen molar-refractivity contribution in [2.45, 2.75) is 20.8 Å². The summed E-state index contributed by atoms with van der Waals surface area (Å²) in [5.41, 5.74) is 8.29. The molecule has 0 aromatic rings. The van der Waals surface area contributed by atoms with Gasteiger partial charge in [-0.15, -0.1) is 0 Å². The smallest absolute Gasteiger partial charge is 0.0418 e. The van der Waals surface area contributed by atoms with E-state index in [1.807, 2.05) is 20.8 Å². The van der Waals surface area contributed by atoms with Crippen LogP contribution in [0.2, 0.25) is 0 Å². The fourth-order valence-corrected chi connectivity index (χ4v) is 0.519. The van der Waals surface area contributed by atoms with Crippen LogP contribution in [0.25, 0.3) is 0 Å². The quantitative estimate of drug-likeness (QED) is 0.581. The van der Waals surface area contributed by atoms with Crippen LogP contribution in [-0.2, 0) is 0 Å². The molecule has 0 aliphatic carbocycles. The minimum Gasteiger partial charge on any atom is -0.402 e. The number of rotatable bonds is 2. The Labute approximate surface area is 62.1 Å². The van der Waals surface area contributed by atoms with Crippen molar-refractivity contribution in [3.05, 3.63) is 24.0 Å². The number of hydrogen-bond acceptors (Lipinski definition) is 2. The molecule has 0 radical (unpaired) electrons. The van der Waals surface area contributed by atoms with Gasteiger partial charge in [-0.1, -0.05) is 6.58 Å². The lowest BCUT2D eigenvalue weighted by atomic mass is 10.2. The third-order valence-corrected chi connectivity index (χ3v) is 1.42. The average molecular weight is 138 g/mol. The molecule has 0 fully saturated rings. The summed E-state index contributed by atoms with van der Waals surface area (Å²) in [5, 5.41) is 0. The first-order valence-electron chi connectivity index (χ1n) is 3.18. The van der Waals surface area contributed by atoms with Crippen LogP contribution in [-0.4, -0.2) is 5.71 Å². The van der Waals surface area contributed by atoms with Gasteiger partial charge >= 0.3 is 0 Å². The first-order valence-corrected chi connectivity index (χ1v) is 3.18. The molecule has 0 amide bonds. The summed E-state index contributed by atoms with van der Waals surface area (Å²) in [6.45, 7) is 9.20. The Morgan fingerprint density at radius 1 is 1.40 bits per heavy atom. The molecule has 0 bridgehead atoms. The second-order valence-corrected chi connectivity index (χ2v) is 2.21. The maximum atomic E-state index is 5.53. The number of nitrogens with two attached hydrogens (primary N) is 1. The summed E-state index contributed by atoms with van der Waals surface area (Å²) < 4.78 is 0. The topological polar surface area (TPSA) is 38.4 Å². The first kappa shape index (κ1) is 8.95. The van der Waals surface area contributed by atoms with Gasteiger partial charge in [0.2, 0.25) is 0 Å². The summed E-state index contributed by atoms with van der Waals surface area (Å²) in [4.78, 5) is 3.99. The zero-order valence-electron chi connectivity index (χ0n) is 6.81. The molecule has 0 heterocycles. The summed E-state index contributed by atoms with van der Waals surface area (Å²) in [6, 6.07) is 0. The molecule has 2 nitrogen and oxygen atoms in total. The first-order chi connectivity index (χ1) is 4.59. The molecule has 0 aliphatic heterocycles. The Morgan fingerprint density at radius 3 is 2.20 bits per heavy atom. The van der Waals surface area contributed by atoms with Gasteiger partial charge in [0.25, 0.3) is 0 Å². The number of nitrogens with zero attached hydrogens (tertiary/aromatic N) is 1. The Bertz CT molecular complexity index is 183. The lowest BCUT2D eigenvalue weighted by Crippen LogP contribution is -2.02. The molecule has 0 atom stereocenters. The molecule has 0 aromatic heterocycles. The summed E-state index contributed by atoms with van der Waals surface area (Å²) in [6.07, 6.45) is 1.52. The Balaban J connectivity index is 4.51. The van der Waals surface area contributed by atoms with Gasteiger partial charge in [-0.25, -0.2) is 0 Å². The Morgan fingerprint density at radius 2 is 1.90 bits per heavy atom. The average Bonchev–Trinajstić information content (AvgIpc) is 1.87. The highest BCUT2D eigenvalue weighted by molar-refractivity contribution is 5.98. The zero-order chi connectivity index (χ0) is 8.15. The minimum atomic E-state index is 0.808. The highest BCUT2D eigenvalue weighted by Crippen LogP contribution is 1.99. The number of aliphatic imine (C=N–C) groups is 1. The van der Waals surface area contributed by atoms with Gasteiger partial charge in [0.15, 0.2) is 0 Å². The van der Waals surface area contributed by atoms with Gasteiger partial charge in [0.1, 0.15) is 0 Å². The fraction of sp³-hybridized carbons (Fsp3) is 0.375. The Hall–Kier alpha value is -1.05. The van der Waals surface area contributed by atoms with Crippen LogP contribution in [0.4, 0.5) is 0 Å². The van der Waals surface area contributed by atoms with E-state index in [-0.39, 0.29) is 0 Å². The van der Waals surface area contributed by atoms with Crippen LogP contribution in [0, 0.1) is 0 Å². The molecule has 56 valence electrons. The molecule has 10 heavy (non-hydrogen) atoms. The van der Waals surface area contributed by atoms with E-state index in [4.69, 9.17) is 5.73 Å². The summed E-state index contributed by atoms with van der Waals surface area (Å²) in [7, 11) is 0. The summed E-state index contributed by atoms with van der Waals surface area (Å²) >= 11 is 0. The van der Waals surface area contributed by atoms with Crippen molar-refractivity contribution in [1.29, 1.82) is 0 Å². The molecule has 2 N–H and O–H groups in total. The lowest BCUT2D eigenvalue weighted by Gasteiger charge is -2.00. The van der Waals surface area contributed by atoms with Gasteiger partial charge in [0.05, 0.1) is 0 Å². The minimum absolute atomic E-state index is 0.808. The highest BCUT2D eigenvalue weighted by atomic mass is 14.7. The predicted octanol–water partition coefficient (Wildman–Crippen LogP) is 1.84. The van der Waals surface area contributed by atoms with Gasteiger partial charge < -0.3 is 5.73 Å². The van der Waals surface area contributed by atoms with Crippen molar-refractivity contribution >= 4 is 5.71 Å². The monoisotopic (exact) mass is 138 g/mol. The molecular formula is C8H14N2. The summed E-state index contributed by atoms with van der Waals surface area (Å²) in [5.74, 6) is 0. The molecule has 0 saturated heterocycles. The van der Waals surface area contributed by atoms with Crippen LogP contribution < -0.4 is 5.73 Å². The van der Waals surface area contributed by atoms with Gasteiger partial charge in [-0.3, -0.25) is 4.99 Å². The van der Waals surface area contributed by atoms with Gasteiger partial charge in [-0.05, 0) is 26.3 Å². The number of allylic oxidation sites excluding steroid dienone is 2. The third kappa shape index (κ3) is 2.49. The molecule has 2 heteroatoms. The molecule has 0 saturated carbocycles. The van der Waals surface area contributed by atoms with E-state index >= 15 is 0 Å². The SMILES string of the molecule is C=C/N=C(C)\C(C)=C(/C)N. The van der Waals surface area contributed by atoms with E-state index in [1.165, 1.54) is 6.20 Å². The van der Waals surface area contributed by atoms with E-state index in [0.29, 0.717) is 0 Å². The maximum absolute atomic E-state index is 5.53. The molecule has 0 spiro atoms. The van der Waals surface area contributed by atoms with Crippen molar-refractivity contribution in [3.8, 4) is 0 Å². The van der Waals surface area contributed by atoms with Crippen LogP contribution in [0.15, 0.2) is 29.0 Å². The van der Waals surface area contributed by atoms with E-state index in [2.05, 4.69) is 11.6 Å². The second-order valence-electron chi connectivity index (χ2n) is 2.21. The van der Waals surface area contributed by atoms with E-state index in [1.54, 1.807) is 0 Å². The largest absolute Gasteiger partial charge is 0.402 e. The predicted molar refractivity (Wildman–Crippen MR) is 45.9 cm³/mol. The van der Waals surface area contributed by atoms with Crippen molar-refractivity contribution in [3.63, 3.8) is 0 Å². The number of hydrogen-bond donors (Lipinski definition) is 1. The van der Waals surface area contributed by atoms with Gasteiger partial charge in [0, 0.05) is 17.6 Å². The van der Waals surface area contributed by atoms with Crippen LogP contribution in [0.1, 0.15) is 20.8 Å². The van der Waals surface area contributed by atoms with Crippen molar-refractivity contribution in [2.24, 2.45) is 10.7 Å². The van der Waals surface area contributed by atoms with Crippen molar-refractivity contribution < 1.29 is 0 Å². The molecule has 0 aliphatic rings. The zero-order valence-corrected chi connectivity index (χ0v) is 6.81. The van der Waals surface area contributed by atoms with Crippen LogP contribution in [0.3, 0.4) is 0 Å². The highest BCUT2D eigenvalue weighted by Gasteiger charge is 1.94. The third-order valence-electron chi connectivity index (χ3n) is 1.42. The van der Waals surface area contributed by atoms with Crippen LogP contribution in [0.5, 0.6) is 0 Å². The second kappa shape index (κ2) is 3.88. The lowest BCUT2D eigenvalue weighted by molar-refractivity contribution is 1.25. The molecule has 0 unspecified atom stereocenters. The van der Waals surface area contributed by atoms with Crippen molar-refractivity contribution in [2.75, 3.05) is 0 Å². The Kier molecular flexibility index (Phi) is 3.47. The molecule has 0 aromatic carbocycles. The van der Waals surface area contributed by atoms with Crippen molar-refractivity contribution in [1.82, 2.24) is 0 Å². The van der Waals surface area contributed by atoms with Crippen LogP contribution >= 0.6 is 0 Å². The molecule has 0 rings (SSSR count). The van der Waals surface area contributed by atoms with E-state index < -0.39 is 0 Å².